The molecule has 1 aliphatic heterocycles. The number of benzene rings is 1. The fourth-order valence-corrected chi connectivity index (χ4v) is 5.79. The van der Waals surface area contributed by atoms with Crippen LogP contribution in [0, 0.1) is 5.92 Å². The number of carbonyl (C=O) groups is 1. The van der Waals surface area contributed by atoms with Gasteiger partial charge in [0.1, 0.15) is 0 Å². The van der Waals surface area contributed by atoms with E-state index in [1.54, 1.807) is 0 Å². The van der Waals surface area contributed by atoms with Crippen molar-refractivity contribution >= 4 is 48.7 Å². The van der Waals surface area contributed by atoms with Crippen molar-refractivity contribution < 1.29 is 4.79 Å². The summed E-state index contributed by atoms with van der Waals surface area (Å²) in [5.74, 6) is 0.679. The van der Waals surface area contributed by atoms with Gasteiger partial charge in [0.2, 0.25) is 5.91 Å². The third-order valence-electron chi connectivity index (χ3n) is 6.04. The molecule has 2 aliphatic rings. The van der Waals surface area contributed by atoms with Gasteiger partial charge in [-0.25, -0.2) is 0 Å². The molecule has 1 aromatic heterocycles. The topological polar surface area (TPSA) is 48.1 Å². The maximum Gasteiger partial charge on any atom is 0.224 e. The van der Waals surface area contributed by atoms with Crippen LogP contribution in [-0.2, 0) is 11.2 Å². The molecule has 1 saturated heterocycles. The van der Waals surface area contributed by atoms with Gasteiger partial charge in [0, 0.05) is 40.4 Å². The summed E-state index contributed by atoms with van der Waals surface area (Å²) < 4.78 is 2.19. The number of fused-ring (bicyclic) bond motifs is 2. The van der Waals surface area contributed by atoms with E-state index < -0.39 is 0 Å². The lowest BCUT2D eigenvalue weighted by molar-refractivity contribution is -0.127. The van der Waals surface area contributed by atoms with Crippen LogP contribution in [0.4, 0.5) is 0 Å². The van der Waals surface area contributed by atoms with Crippen LogP contribution in [0.2, 0.25) is 0 Å². The molecule has 140 valence electrons. The maximum atomic E-state index is 12.7. The van der Waals surface area contributed by atoms with E-state index in [0.717, 1.165) is 47.8 Å². The molecule has 2 heterocycles. The summed E-state index contributed by atoms with van der Waals surface area (Å²) in [7, 11) is 2.17. The molecule has 3 unspecified atom stereocenters. The van der Waals surface area contributed by atoms with Crippen LogP contribution < -0.4 is 5.32 Å². The van der Waals surface area contributed by atoms with Crippen LogP contribution in [0.15, 0.2) is 21.2 Å². The van der Waals surface area contributed by atoms with Crippen LogP contribution in [0.5, 0.6) is 0 Å². The van der Waals surface area contributed by atoms with E-state index in [0.29, 0.717) is 12.0 Å². The number of likely N-dealkylation sites (tertiary alicyclic amines) is 1. The molecule has 1 aliphatic carbocycles. The number of amides is 1. The Hall–Kier alpha value is -0.850. The Balaban J connectivity index is 1.67. The number of carbonyl (C=O) groups excluding carboxylic acids is 1. The summed E-state index contributed by atoms with van der Waals surface area (Å²) in [4.78, 5) is 18.6. The molecule has 0 bridgehead atoms. The Morgan fingerprint density at radius 3 is 2.96 bits per heavy atom. The van der Waals surface area contributed by atoms with E-state index in [1.807, 2.05) is 0 Å². The second-order valence-electron chi connectivity index (χ2n) is 7.73. The number of hydrogen-bond acceptors (Lipinski definition) is 2. The summed E-state index contributed by atoms with van der Waals surface area (Å²) in [6.45, 7) is 3.78. The number of rotatable bonds is 4. The number of hydrogen-bond donors (Lipinski definition) is 2. The fourth-order valence-electron chi connectivity index (χ4n) is 4.74. The standard InChI is InChI=1S/C20H25Br2N3O/c1-3-4-5-23-20(26)11-6-13-14-7-12(21)8-16-18(14)15(19(22)24-16)9-17(13)25(2)10-11/h7-8,11,13,17,24H,3-6,9-10H2,1-2H3,(H,23,26). The first-order chi connectivity index (χ1) is 12.5. The predicted molar refractivity (Wildman–Crippen MR) is 113 cm³/mol. The van der Waals surface area contributed by atoms with Crippen molar-refractivity contribution in [1.29, 1.82) is 0 Å². The highest BCUT2D eigenvalue weighted by Gasteiger charge is 2.42. The minimum Gasteiger partial charge on any atom is -0.356 e. The Morgan fingerprint density at radius 2 is 2.19 bits per heavy atom. The van der Waals surface area contributed by atoms with Crippen LogP contribution >= 0.6 is 31.9 Å². The van der Waals surface area contributed by atoms with E-state index in [9.17, 15) is 4.79 Å². The van der Waals surface area contributed by atoms with Crippen LogP contribution in [0.1, 0.15) is 43.2 Å². The first-order valence-corrected chi connectivity index (χ1v) is 11.1. The zero-order valence-corrected chi connectivity index (χ0v) is 18.4. The second-order valence-corrected chi connectivity index (χ2v) is 9.44. The van der Waals surface area contributed by atoms with E-state index >= 15 is 0 Å². The molecule has 4 nitrogen and oxygen atoms in total. The van der Waals surface area contributed by atoms with Gasteiger partial charge in [-0.2, -0.15) is 0 Å². The van der Waals surface area contributed by atoms with Gasteiger partial charge < -0.3 is 15.2 Å². The van der Waals surface area contributed by atoms with E-state index in [2.05, 4.69) is 73.2 Å². The number of H-pyrrole nitrogens is 1. The second kappa shape index (κ2) is 7.28. The molecule has 0 spiro atoms. The van der Waals surface area contributed by atoms with Crippen molar-refractivity contribution in [2.45, 2.75) is 44.6 Å². The number of likely N-dealkylation sites (N-methyl/N-ethyl adjacent to an activating group) is 1. The molecule has 0 radical (unpaired) electrons. The molecule has 26 heavy (non-hydrogen) atoms. The summed E-state index contributed by atoms with van der Waals surface area (Å²) >= 11 is 7.39. The Kier molecular flexibility index (Phi) is 5.19. The van der Waals surface area contributed by atoms with Gasteiger partial charge in [-0.1, -0.05) is 29.3 Å². The number of piperidine rings is 1. The maximum absolute atomic E-state index is 12.7. The minimum atomic E-state index is 0.0658. The lowest BCUT2D eigenvalue weighted by Gasteiger charge is -2.45. The third-order valence-corrected chi connectivity index (χ3v) is 7.17. The Labute approximate surface area is 171 Å². The lowest BCUT2D eigenvalue weighted by Crippen LogP contribution is -2.51. The zero-order chi connectivity index (χ0) is 18.4. The minimum absolute atomic E-state index is 0.0658. The Morgan fingerprint density at radius 1 is 1.38 bits per heavy atom. The summed E-state index contributed by atoms with van der Waals surface area (Å²) in [6.07, 6.45) is 4.12. The first-order valence-electron chi connectivity index (χ1n) is 9.47. The van der Waals surface area contributed by atoms with Gasteiger partial charge in [0.15, 0.2) is 0 Å². The number of nitrogens with one attached hydrogen (secondary N) is 2. The monoisotopic (exact) mass is 481 g/mol. The number of nitrogens with zero attached hydrogens (tertiary/aromatic N) is 1. The lowest BCUT2D eigenvalue weighted by atomic mass is 9.72. The molecule has 3 atom stereocenters. The van der Waals surface area contributed by atoms with E-state index in [1.165, 1.54) is 22.0 Å². The molecule has 1 amide bonds. The number of aromatic amines is 1. The normalized spacial score (nSPS) is 25.3. The highest BCUT2D eigenvalue weighted by Crippen LogP contribution is 2.47. The van der Waals surface area contributed by atoms with Crippen molar-refractivity contribution in [3.63, 3.8) is 0 Å². The summed E-state index contributed by atoms with van der Waals surface area (Å²) in [5.41, 5.74) is 3.92. The predicted octanol–water partition coefficient (Wildman–Crippen LogP) is 4.57. The summed E-state index contributed by atoms with van der Waals surface area (Å²) in [6, 6.07) is 4.86. The van der Waals surface area contributed by atoms with Crippen molar-refractivity contribution in [2.24, 2.45) is 5.92 Å². The van der Waals surface area contributed by atoms with E-state index in [4.69, 9.17) is 0 Å². The van der Waals surface area contributed by atoms with Crippen molar-refractivity contribution in [3.8, 4) is 0 Å². The average molecular weight is 483 g/mol. The SMILES string of the molecule is CCCCNC(=O)C1CC2c3cc(Br)cc4[nH]c(Br)c(c34)CC2N(C)C1. The van der Waals surface area contributed by atoms with Gasteiger partial charge in [0.25, 0.3) is 0 Å². The van der Waals surface area contributed by atoms with Gasteiger partial charge in [0.05, 0.1) is 10.5 Å². The molecule has 4 rings (SSSR count). The van der Waals surface area contributed by atoms with Gasteiger partial charge >= 0.3 is 0 Å². The molecule has 0 saturated carbocycles. The van der Waals surface area contributed by atoms with Crippen molar-refractivity contribution in [3.05, 3.63) is 32.3 Å². The Bertz CT molecular complexity index is 847. The molecule has 2 N–H and O–H groups in total. The third kappa shape index (κ3) is 3.14. The number of halogens is 2. The highest BCUT2D eigenvalue weighted by atomic mass is 79.9. The number of aromatic nitrogens is 1. The van der Waals surface area contributed by atoms with Gasteiger partial charge in [-0.3, -0.25) is 4.79 Å². The quantitative estimate of drug-likeness (QED) is 0.627. The van der Waals surface area contributed by atoms with Crippen LogP contribution in [-0.4, -0.2) is 42.0 Å². The van der Waals surface area contributed by atoms with Gasteiger partial charge in [-0.05, 0) is 65.5 Å². The summed E-state index contributed by atoms with van der Waals surface area (Å²) in [5, 5.41) is 4.49. The molecular weight excluding hydrogens is 458 g/mol. The molecule has 1 aromatic carbocycles. The highest BCUT2D eigenvalue weighted by molar-refractivity contribution is 9.10. The molecular formula is C20H25Br2N3O. The van der Waals surface area contributed by atoms with E-state index in [-0.39, 0.29) is 11.8 Å². The molecule has 1 fully saturated rings. The van der Waals surface area contributed by atoms with Crippen molar-refractivity contribution in [2.75, 3.05) is 20.1 Å². The largest absolute Gasteiger partial charge is 0.356 e. The average Bonchev–Trinajstić information content (AvgIpc) is 2.91. The molecule has 6 heteroatoms. The smallest absolute Gasteiger partial charge is 0.224 e. The zero-order valence-electron chi connectivity index (χ0n) is 15.2. The number of unbranched alkanes of at least 4 members (excludes halogenated alkanes) is 1. The van der Waals surface area contributed by atoms with Crippen LogP contribution in [0.25, 0.3) is 10.9 Å². The first kappa shape index (κ1) is 18.5. The van der Waals surface area contributed by atoms with Gasteiger partial charge in [-0.15, -0.1) is 0 Å². The fraction of sp³-hybridized carbons (Fsp3) is 0.550. The van der Waals surface area contributed by atoms with Crippen LogP contribution in [0.3, 0.4) is 0 Å². The molecule has 2 aromatic rings. The van der Waals surface area contributed by atoms with Crippen molar-refractivity contribution in [1.82, 2.24) is 15.2 Å².